The molecule has 10 N–H and O–H groups in total. The summed E-state index contributed by atoms with van der Waals surface area (Å²) in [4.78, 5) is 38.7. The van der Waals surface area contributed by atoms with Crippen molar-refractivity contribution in [1.29, 1.82) is 0 Å². The van der Waals surface area contributed by atoms with Crippen LogP contribution in [0.25, 0.3) is 0 Å². The van der Waals surface area contributed by atoms with Gasteiger partial charge >= 0.3 is 11.9 Å². The molecule has 1 unspecified atom stereocenters. The van der Waals surface area contributed by atoms with Crippen molar-refractivity contribution in [2.24, 2.45) is 0 Å². The first-order valence-electron chi connectivity index (χ1n) is 24.5. The number of unbranched alkanes of at least 4 members (excludes halogenated alkanes) is 20. The normalized spacial score (nSPS) is 28.2. The van der Waals surface area contributed by atoms with Crippen LogP contribution in [0.2, 0.25) is 0 Å². The van der Waals surface area contributed by atoms with Crippen molar-refractivity contribution in [3.63, 3.8) is 0 Å². The molecule has 1 aliphatic carbocycles. The number of carbonyl (C=O) groups excluding carboxylic acids is 2. The van der Waals surface area contributed by atoms with Crippen LogP contribution in [0.5, 0.6) is 0 Å². The monoisotopic (exact) mass is 962 g/mol. The second kappa shape index (κ2) is 36.6. The number of hydrogen-bond donors (Lipinski definition) is 9. The molecule has 13 atom stereocenters. The molecule has 2 aliphatic rings. The second-order valence-electron chi connectivity index (χ2n) is 17.5. The molecule has 2 fully saturated rings. The molecule has 1 aliphatic heterocycles. The molecule has 1 heterocycles. The third-order valence-corrected chi connectivity index (χ3v) is 12.5. The Morgan fingerprint density at radius 3 is 1.43 bits per heavy atom. The molecule has 0 radical (unpaired) electrons. The Bertz CT molecular complexity index is 1250. The molecule has 19 nitrogen and oxygen atoms in total. The number of aliphatic hydroxyl groups excluding tert-OH is 8. The third-order valence-electron chi connectivity index (χ3n) is 11.6. The summed E-state index contributed by atoms with van der Waals surface area (Å²) >= 11 is 0. The highest BCUT2D eigenvalue weighted by Crippen LogP contribution is 2.44. The first-order valence-corrected chi connectivity index (χ1v) is 26.0. The van der Waals surface area contributed by atoms with Crippen LogP contribution in [0.15, 0.2) is 0 Å². The second-order valence-corrected chi connectivity index (χ2v) is 18.9. The first-order chi connectivity index (χ1) is 31.1. The van der Waals surface area contributed by atoms with Gasteiger partial charge in [-0.2, -0.15) is 0 Å². The molecule has 65 heavy (non-hydrogen) atoms. The van der Waals surface area contributed by atoms with Crippen molar-refractivity contribution in [3.05, 3.63) is 0 Å². The van der Waals surface area contributed by atoms with Gasteiger partial charge in [-0.25, -0.2) is 0 Å². The number of esters is 2. The van der Waals surface area contributed by atoms with E-state index >= 15 is 0 Å². The highest BCUT2D eigenvalue weighted by molar-refractivity contribution is 7.45. The quantitative estimate of drug-likeness (QED) is 0.0250. The van der Waals surface area contributed by atoms with Gasteiger partial charge in [0, 0.05) is 12.8 Å². The van der Waals surface area contributed by atoms with Crippen molar-refractivity contribution < 1.29 is 93.2 Å². The van der Waals surface area contributed by atoms with E-state index in [0.29, 0.717) is 12.8 Å². The summed E-state index contributed by atoms with van der Waals surface area (Å²) in [6, 6.07) is 0. The number of carbonyl (C=O) groups is 2. The topological polar surface area (TPSA) is 308 Å². The standard InChI is InChI=1S/C43H81O18P.C2H7N/c1-3-5-7-9-11-13-15-17-19-21-23-25-32(45)56-28-30(58-33(46)26-24-22-20-18-16-14-12-10-8-6-4-2)29-57-62(54,55)61-42-39(52)37(50)36(49)38(51)41(42)60-43-40(53)35(48)34(47)31(27-44)59-43;1-3-2/h30-31,34-44,47-53H,3-29H2,1-2H3,(H,54,55);3H,1-2H3/t30-,31-,34-,35+,36+,37+,38-,39-,40+,41-,42+,43-;/m1./s1. The summed E-state index contributed by atoms with van der Waals surface area (Å²) in [6.07, 6.45) is 0.259. The average molecular weight is 962 g/mol. The van der Waals surface area contributed by atoms with Crippen molar-refractivity contribution in [2.75, 3.05) is 33.9 Å². The van der Waals surface area contributed by atoms with Gasteiger partial charge < -0.3 is 79.1 Å². The first kappa shape index (κ1) is 61.6. The third kappa shape index (κ3) is 25.7. The fourth-order valence-electron chi connectivity index (χ4n) is 7.64. The Kier molecular flexibility index (Phi) is 34.7. The lowest BCUT2D eigenvalue weighted by atomic mass is 9.84. The molecule has 0 spiro atoms. The van der Waals surface area contributed by atoms with E-state index < -0.39 is 113 Å². The number of nitrogens with two attached hydrogens (primary N) is 1. The Hall–Kier alpha value is -1.39. The smallest absolute Gasteiger partial charge is 0.306 e. The van der Waals surface area contributed by atoms with E-state index in [1.165, 1.54) is 77.0 Å². The number of phosphoric ester groups is 1. The van der Waals surface area contributed by atoms with Crippen LogP contribution in [-0.2, 0) is 42.1 Å². The predicted octanol–water partition coefficient (Wildman–Crippen LogP) is 2.17. The highest BCUT2D eigenvalue weighted by Gasteiger charge is 2.54. The van der Waals surface area contributed by atoms with Crippen LogP contribution in [-0.4, -0.2) is 160 Å². The zero-order chi connectivity index (χ0) is 48.6. The lowest BCUT2D eigenvalue weighted by molar-refractivity contribution is -0.597. The molecule has 2 rings (SSSR count). The zero-order valence-corrected chi connectivity index (χ0v) is 40.6. The van der Waals surface area contributed by atoms with E-state index in [1.807, 2.05) is 19.4 Å². The summed E-state index contributed by atoms with van der Waals surface area (Å²) < 4.78 is 44.8. The van der Waals surface area contributed by atoms with Crippen molar-refractivity contribution in [2.45, 2.75) is 241 Å². The number of quaternary nitrogens is 1. The molecule has 1 saturated heterocycles. The molecule has 386 valence electrons. The Labute approximate surface area is 387 Å². The van der Waals surface area contributed by atoms with Gasteiger partial charge in [0.05, 0.1) is 27.3 Å². The van der Waals surface area contributed by atoms with Crippen LogP contribution in [0.1, 0.15) is 168 Å². The van der Waals surface area contributed by atoms with Crippen LogP contribution in [0.3, 0.4) is 0 Å². The van der Waals surface area contributed by atoms with Gasteiger partial charge in [-0.05, 0) is 12.8 Å². The van der Waals surface area contributed by atoms with Gasteiger partial charge in [0.2, 0.25) is 0 Å². The maximum atomic E-state index is 13.2. The maximum Gasteiger partial charge on any atom is 0.306 e. The molecule has 1 saturated carbocycles. The Morgan fingerprint density at radius 2 is 0.985 bits per heavy atom. The number of phosphoric acid groups is 1. The van der Waals surface area contributed by atoms with Crippen molar-refractivity contribution >= 4 is 19.8 Å². The molecule has 20 heteroatoms. The minimum atomic E-state index is -5.61. The number of aliphatic hydroxyl groups is 8. The Morgan fingerprint density at radius 1 is 0.585 bits per heavy atom. The minimum Gasteiger partial charge on any atom is -0.756 e. The highest BCUT2D eigenvalue weighted by atomic mass is 31.2. The predicted molar refractivity (Wildman–Crippen MR) is 238 cm³/mol. The maximum absolute atomic E-state index is 13.2. The van der Waals surface area contributed by atoms with E-state index in [4.69, 9.17) is 28.0 Å². The SMILES string of the molecule is CCCCCCCCCCCCCC(=O)OC[C@H](COP(=O)([O-])O[C@H]1[C@H](O)[C@@H](O)[C@H](O)[C@@H](O)[C@H]1O[C@H]1O[C@H](CO)[C@@H](O)[C@H](O)[C@@H]1O)OC(=O)CCCCCCCCCCCCC.C[NH2+]C. The Balaban J connectivity index is 0.00000684. The van der Waals surface area contributed by atoms with Crippen molar-refractivity contribution in [3.8, 4) is 0 Å². The van der Waals surface area contributed by atoms with E-state index in [-0.39, 0.29) is 12.8 Å². The van der Waals surface area contributed by atoms with E-state index in [1.54, 1.807) is 0 Å². The fraction of sp³-hybridized carbons (Fsp3) is 0.956. The lowest BCUT2D eigenvalue weighted by Crippen LogP contribution is -2.74. The molecule has 0 amide bonds. The molecular weight excluding hydrogens is 873 g/mol. The minimum absolute atomic E-state index is 0.0229. The van der Waals surface area contributed by atoms with Crippen molar-refractivity contribution in [1.82, 2.24) is 0 Å². The summed E-state index contributed by atoms with van der Waals surface area (Å²) in [5, 5.41) is 84.6. The molecule has 0 bridgehead atoms. The molecule has 0 aromatic rings. The molecule has 0 aromatic carbocycles. The van der Waals surface area contributed by atoms with Gasteiger partial charge in [-0.1, -0.05) is 142 Å². The van der Waals surface area contributed by atoms with Crippen LogP contribution < -0.4 is 10.2 Å². The van der Waals surface area contributed by atoms with Crippen LogP contribution >= 0.6 is 7.82 Å². The van der Waals surface area contributed by atoms with E-state index in [0.717, 1.165) is 51.4 Å². The van der Waals surface area contributed by atoms with Gasteiger partial charge in [0.15, 0.2) is 12.4 Å². The van der Waals surface area contributed by atoms with Gasteiger partial charge in [0.1, 0.15) is 67.6 Å². The summed E-state index contributed by atoms with van der Waals surface area (Å²) in [6.45, 7) is 2.08. The average Bonchev–Trinajstić information content (AvgIpc) is 3.28. The van der Waals surface area contributed by atoms with Crippen LogP contribution in [0, 0.1) is 0 Å². The summed E-state index contributed by atoms with van der Waals surface area (Å²) in [7, 11) is -1.61. The lowest BCUT2D eigenvalue weighted by Gasteiger charge is -2.47. The summed E-state index contributed by atoms with van der Waals surface area (Å²) in [5.74, 6) is -1.25. The van der Waals surface area contributed by atoms with E-state index in [2.05, 4.69) is 13.8 Å². The van der Waals surface area contributed by atoms with E-state index in [9.17, 15) is 59.9 Å². The fourth-order valence-corrected chi connectivity index (χ4v) is 8.59. The molecular formula is C45H88NO18P. The molecule has 0 aromatic heterocycles. The largest absolute Gasteiger partial charge is 0.756 e. The zero-order valence-electron chi connectivity index (χ0n) is 39.7. The van der Waals surface area contributed by atoms with Gasteiger partial charge in [-0.3, -0.25) is 14.2 Å². The van der Waals surface area contributed by atoms with Crippen LogP contribution in [0.4, 0.5) is 0 Å². The van der Waals surface area contributed by atoms with Gasteiger partial charge in [-0.15, -0.1) is 0 Å². The van der Waals surface area contributed by atoms with Gasteiger partial charge in [0.25, 0.3) is 7.82 Å². The summed E-state index contributed by atoms with van der Waals surface area (Å²) in [5.41, 5.74) is 0. The number of hydrogen-bond acceptors (Lipinski definition) is 18. The number of rotatable bonds is 35. The number of ether oxygens (including phenoxy) is 4.